The summed E-state index contributed by atoms with van der Waals surface area (Å²) >= 11 is 0. The molecule has 0 saturated carbocycles. The second-order valence-electron chi connectivity index (χ2n) is 10.5. The third-order valence-corrected chi connectivity index (χ3v) is 7.27. The Morgan fingerprint density at radius 1 is 0.558 bits per heavy atom. The number of ether oxygens (including phenoxy) is 5. The Bertz CT molecular complexity index is 1350. The molecule has 0 aromatic heterocycles. The molecular formula is C37H40O6. The first-order chi connectivity index (χ1) is 21.3. The summed E-state index contributed by atoms with van der Waals surface area (Å²) < 4.78 is 32.7. The Kier molecular flexibility index (Phi) is 11.9. The summed E-state index contributed by atoms with van der Waals surface area (Å²) in [7, 11) is 0. The van der Waals surface area contributed by atoms with Crippen molar-refractivity contribution in [1.82, 2.24) is 0 Å². The lowest BCUT2D eigenvalue weighted by atomic mass is 9.96. The SMILES string of the molecule is OCC/C=C1\O[C@H](COCc2ccccc2)[C@@H](OCc2ccccc2)[C@H](OCc2ccccc2)[C@H]1OCc1ccccc1. The molecule has 0 unspecified atom stereocenters. The molecule has 5 rings (SSSR count). The summed E-state index contributed by atoms with van der Waals surface area (Å²) in [6.45, 7) is 1.88. The van der Waals surface area contributed by atoms with Crippen LogP contribution in [0.3, 0.4) is 0 Å². The first-order valence-electron chi connectivity index (χ1n) is 14.9. The van der Waals surface area contributed by atoms with Gasteiger partial charge in [0.15, 0.2) is 6.10 Å². The van der Waals surface area contributed by atoms with Crippen LogP contribution < -0.4 is 0 Å². The van der Waals surface area contributed by atoms with E-state index in [1.807, 2.05) is 127 Å². The van der Waals surface area contributed by atoms with Crippen LogP contribution in [0.15, 0.2) is 133 Å². The fraction of sp³-hybridized carbons (Fsp3) is 0.297. The monoisotopic (exact) mass is 580 g/mol. The molecule has 0 aliphatic carbocycles. The summed E-state index contributed by atoms with van der Waals surface area (Å²) in [6.07, 6.45) is 0.310. The third-order valence-electron chi connectivity index (χ3n) is 7.27. The molecule has 0 spiro atoms. The molecular weight excluding hydrogens is 540 g/mol. The molecule has 1 aliphatic heterocycles. The fourth-order valence-corrected chi connectivity index (χ4v) is 5.08. The van der Waals surface area contributed by atoms with Crippen molar-refractivity contribution in [3.8, 4) is 0 Å². The highest BCUT2D eigenvalue weighted by Gasteiger charge is 2.46. The molecule has 6 nitrogen and oxygen atoms in total. The van der Waals surface area contributed by atoms with Crippen LogP contribution in [-0.2, 0) is 50.1 Å². The van der Waals surface area contributed by atoms with Gasteiger partial charge in [-0.1, -0.05) is 121 Å². The van der Waals surface area contributed by atoms with E-state index >= 15 is 0 Å². The molecule has 0 bridgehead atoms. The average molecular weight is 581 g/mol. The highest BCUT2D eigenvalue weighted by atomic mass is 16.6. The van der Waals surface area contributed by atoms with E-state index in [1.54, 1.807) is 0 Å². The van der Waals surface area contributed by atoms with Gasteiger partial charge < -0.3 is 28.8 Å². The maximum Gasteiger partial charge on any atom is 0.150 e. The molecule has 224 valence electrons. The van der Waals surface area contributed by atoms with Gasteiger partial charge in [-0.2, -0.15) is 0 Å². The Morgan fingerprint density at radius 2 is 1.00 bits per heavy atom. The van der Waals surface area contributed by atoms with Gasteiger partial charge in [-0.25, -0.2) is 0 Å². The smallest absolute Gasteiger partial charge is 0.150 e. The zero-order valence-electron chi connectivity index (χ0n) is 24.4. The lowest BCUT2D eigenvalue weighted by Crippen LogP contribution is -2.56. The minimum atomic E-state index is -0.554. The number of aliphatic hydroxyl groups excluding tert-OH is 1. The molecule has 4 aromatic rings. The van der Waals surface area contributed by atoms with Crippen LogP contribution in [0.1, 0.15) is 28.7 Å². The van der Waals surface area contributed by atoms with E-state index in [4.69, 9.17) is 23.7 Å². The zero-order valence-corrected chi connectivity index (χ0v) is 24.4. The van der Waals surface area contributed by atoms with Crippen LogP contribution in [0.4, 0.5) is 0 Å². The van der Waals surface area contributed by atoms with Gasteiger partial charge in [-0.3, -0.25) is 0 Å². The van der Waals surface area contributed by atoms with Gasteiger partial charge in [-0.05, 0) is 34.8 Å². The van der Waals surface area contributed by atoms with Crippen molar-refractivity contribution in [3.63, 3.8) is 0 Å². The Balaban J connectivity index is 1.43. The van der Waals surface area contributed by atoms with E-state index in [9.17, 15) is 5.11 Å². The molecule has 1 aliphatic rings. The highest BCUT2D eigenvalue weighted by molar-refractivity contribution is 5.18. The van der Waals surface area contributed by atoms with E-state index in [0.29, 0.717) is 45.2 Å². The van der Waals surface area contributed by atoms with Crippen molar-refractivity contribution >= 4 is 0 Å². The van der Waals surface area contributed by atoms with Crippen molar-refractivity contribution < 1.29 is 28.8 Å². The van der Waals surface area contributed by atoms with Crippen molar-refractivity contribution in [1.29, 1.82) is 0 Å². The Labute approximate surface area is 254 Å². The molecule has 1 fully saturated rings. The van der Waals surface area contributed by atoms with Crippen molar-refractivity contribution in [2.24, 2.45) is 0 Å². The average Bonchev–Trinajstić information content (AvgIpc) is 3.07. The van der Waals surface area contributed by atoms with E-state index < -0.39 is 24.4 Å². The quantitative estimate of drug-likeness (QED) is 0.170. The first kappa shape index (κ1) is 30.7. The molecule has 1 heterocycles. The van der Waals surface area contributed by atoms with Crippen molar-refractivity contribution in [2.45, 2.75) is 57.3 Å². The normalized spacial score (nSPS) is 21.0. The zero-order chi connectivity index (χ0) is 29.5. The van der Waals surface area contributed by atoms with Crippen LogP contribution in [0.25, 0.3) is 0 Å². The molecule has 4 atom stereocenters. The van der Waals surface area contributed by atoms with Gasteiger partial charge >= 0.3 is 0 Å². The number of aliphatic hydroxyl groups is 1. The van der Waals surface area contributed by atoms with Gasteiger partial charge in [0, 0.05) is 6.61 Å². The standard InChI is InChI=1S/C37H40O6/c38-23-13-22-33-35(40-25-30-16-7-2-8-17-30)37(42-27-32-20-11-4-12-21-32)36(41-26-31-18-9-3-10-19-31)34(43-33)28-39-24-29-14-5-1-6-15-29/h1-12,14-22,34-38H,13,23-28H2/b33-22-/t34-,35+,36-,37-/m1/s1. The largest absolute Gasteiger partial charge is 0.487 e. The fourth-order valence-electron chi connectivity index (χ4n) is 5.08. The number of hydrogen-bond donors (Lipinski definition) is 1. The lowest BCUT2D eigenvalue weighted by Gasteiger charge is -2.43. The maximum absolute atomic E-state index is 9.68. The summed E-state index contributed by atoms with van der Waals surface area (Å²) in [6, 6.07) is 40.3. The van der Waals surface area contributed by atoms with E-state index in [-0.39, 0.29) is 6.61 Å². The second-order valence-corrected chi connectivity index (χ2v) is 10.5. The predicted octanol–water partition coefficient (Wildman–Crippen LogP) is 6.62. The van der Waals surface area contributed by atoms with Crippen LogP contribution in [0, 0.1) is 0 Å². The lowest BCUT2D eigenvalue weighted by molar-refractivity contribution is -0.223. The summed E-state index contributed by atoms with van der Waals surface area (Å²) in [5.74, 6) is 0.621. The summed E-state index contributed by atoms with van der Waals surface area (Å²) in [5, 5.41) is 9.68. The molecule has 4 aromatic carbocycles. The molecule has 0 amide bonds. The van der Waals surface area contributed by atoms with Gasteiger partial charge in [0.1, 0.15) is 24.1 Å². The predicted molar refractivity (Wildman–Crippen MR) is 166 cm³/mol. The minimum absolute atomic E-state index is 0.00306. The van der Waals surface area contributed by atoms with Gasteiger partial charge in [0.25, 0.3) is 0 Å². The third kappa shape index (κ3) is 9.35. The van der Waals surface area contributed by atoms with Gasteiger partial charge in [-0.15, -0.1) is 0 Å². The molecule has 1 saturated heterocycles. The Morgan fingerprint density at radius 3 is 1.49 bits per heavy atom. The Hall–Kier alpha value is -3.78. The van der Waals surface area contributed by atoms with Crippen molar-refractivity contribution in [2.75, 3.05) is 13.2 Å². The summed E-state index contributed by atoms with van der Waals surface area (Å²) in [5.41, 5.74) is 4.23. The second kappa shape index (κ2) is 16.8. The maximum atomic E-state index is 9.68. The first-order valence-corrected chi connectivity index (χ1v) is 14.9. The number of rotatable bonds is 15. The van der Waals surface area contributed by atoms with E-state index in [2.05, 4.69) is 0 Å². The van der Waals surface area contributed by atoms with Crippen molar-refractivity contribution in [3.05, 3.63) is 155 Å². The van der Waals surface area contributed by atoms with Crippen LogP contribution in [-0.4, -0.2) is 42.7 Å². The number of hydrogen-bond acceptors (Lipinski definition) is 6. The van der Waals surface area contributed by atoms with Crippen LogP contribution >= 0.6 is 0 Å². The van der Waals surface area contributed by atoms with E-state index in [0.717, 1.165) is 22.3 Å². The molecule has 6 heteroatoms. The molecule has 1 N–H and O–H groups in total. The van der Waals surface area contributed by atoms with Crippen LogP contribution in [0.5, 0.6) is 0 Å². The van der Waals surface area contributed by atoms with E-state index in [1.165, 1.54) is 0 Å². The van der Waals surface area contributed by atoms with Gasteiger partial charge in [0.05, 0.1) is 33.0 Å². The van der Waals surface area contributed by atoms with Gasteiger partial charge in [0.2, 0.25) is 0 Å². The molecule has 43 heavy (non-hydrogen) atoms. The summed E-state index contributed by atoms with van der Waals surface area (Å²) in [4.78, 5) is 0. The number of benzene rings is 4. The minimum Gasteiger partial charge on any atom is -0.487 e. The van der Waals surface area contributed by atoms with Crippen LogP contribution in [0.2, 0.25) is 0 Å². The topological polar surface area (TPSA) is 66.4 Å². The highest BCUT2D eigenvalue weighted by Crippen LogP contribution is 2.33. The molecule has 0 radical (unpaired) electrons.